The van der Waals surface area contributed by atoms with Gasteiger partial charge in [0, 0.05) is 17.0 Å². The van der Waals surface area contributed by atoms with E-state index < -0.39 is 23.8 Å². The van der Waals surface area contributed by atoms with Crippen molar-refractivity contribution >= 4 is 33.3 Å². The molecular formula is C15H10BrClF2O2. The minimum absolute atomic E-state index is 0.106. The van der Waals surface area contributed by atoms with Gasteiger partial charge in [-0.1, -0.05) is 11.6 Å². The smallest absolute Gasteiger partial charge is 0.171 e. The largest absolute Gasteiger partial charge is 0.496 e. The van der Waals surface area contributed by atoms with Gasteiger partial charge in [0.15, 0.2) is 5.78 Å². The normalized spacial score (nSPS) is 10.5. The topological polar surface area (TPSA) is 26.3 Å². The Hall–Kier alpha value is -1.46. The molecule has 0 atom stereocenters. The zero-order valence-corrected chi connectivity index (χ0v) is 13.3. The zero-order valence-electron chi connectivity index (χ0n) is 10.9. The summed E-state index contributed by atoms with van der Waals surface area (Å²) in [5, 5.41) is 0.406. The molecule has 2 aromatic rings. The van der Waals surface area contributed by atoms with Crippen LogP contribution in [0.2, 0.25) is 5.02 Å². The maximum absolute atomic E-state index is 13.9. The number of halogens is 4. The Balaban J connectivity index is 2.37. The van der Waals surface area contributed by atoms with Crippen LogP contribution in [0.25, 0.3) is 0 Å². The summed E-state index contributed by atoms with van der Waals surface area (Å²) >= 11 is 8.78. The molecule has 0 bridgehead atoms. The average molecular weight is 376 g/mol. The van der Waals surface area contributed by atoms with Crippen molar-refractivity contribution in [2.45, 2.75) is 6.42 Å². The summed E-state index contributed by atoms with van der Waals surface area (Å²) in [5.74, 6) is -1.74. The van der Waals surface area contributed by atoms with E-state index in [-0.39, 0.29) is 21.3 Å². The van der Waals surface area contributed by atoms with Gasteiger partial charge in [-0.05, 0) is 46.3 Å². The Morgan fingerprint density at radius 2 is 2.00 bits per heavy atom. The van der Waals surface area contributed by atoms with Gasteiger partial charge < -0.3 is 4.74 Å². The van der Waals surface area contributed by atoms with Crippen molar-refractivity contribution in [2.75, 3.05) is 7.11 Å². The number of carbonyl (C=O) groups excluding carboxylic acids is 1. The molecule has 0 radical (unpaired) electrons. The van der Waals surface area contributed by atoms with E-state index in [1.54, 1.807) is 0 Å². The Bertz CT molecular complexity index is 704. The van der Waals surface area contributed by atoms with Gasteiger partial charge in [-0.25, -0.2) is 8.78 Å². The number of Topliss-reactive ketones (excluding diaryl/α,β-unsaturated/α-hetero) is 1. The van der Waals surface area contributed by atoms with Crippen LogP contribution in [0.5, 0.6) is 5.75 Å². The van der Waals surface area contributed by atoms with E-state index in [0.29, 0.717) is 5.02 Å². The minimum atomic E-state index is -0.781. The second-order valence-corrected chi connectivity index (χ2v) is 5.56. The fraction of sp³-hybridized carbons (Fsp3) is 0.133. The van der Waals surface area contributed by atoms with Crippen molar-refractivity contribution in [3.63, 3.8) is 0 Å². The third-order valence-corrected chi connectivity index (χ3v) is 3.79. The summed E-state index contributed by atoms with van der Waals surface area (Å²) < 4.78 is 32.8. The van der Waals surface area contributed by atoms with Crippen LogP contribution in [0.15, 0.2) is 34.8 Å². The van der Waals surface area contributed by atoms with Crippen LogP contribution < -0.4 is 4.74 Å². The van der Waals surface area contributed by atoms with Crippen LogP contribution in [-0.4, -0.2) is 12.9 Å². The van der Waals surface area contributed by atoms with E-state index in [9.17, 15) is 13.6 Å². The van der Waals surface area contributed by atoms with E-state index in [1.165, 1.54) is 31.4 Å². The first-order valence-corrected chi connectivity index (χ1v) is 7.10. The number of rotatable bonds is 4. The number of benzene rings is 2. The van der Waals surface area contributed by atoms with E-state index in [2.05, 4.69) is 15.9 Å². The van der Waals surface area contributed by atoms with E-state index in [1.807, 2.05) is 0 Å². The van der Waals surface area contributed by atoms with Crippen molar-refractivity contribution < 1.29 is 18.3 Å². The Morgan fingerprint density at radius 3 is 2.67 bits per heavy atom. The highest BCUT2D eigenvalue weighted by Gasteiger charge is 2.19. The predicted molar refractivity (Wildman–Crippen MR) is 80.1 cm³/mol. The first kappa shape index (κ1) is 15.9. The van der Waals surface area contributed by atoms with E-state index >= 15 is 0 Å². The standard InChI is InChI=1S/C15H10BrClF2O2/c1-21-14-6-8(17)2-3-9(14)13(20)7-10-12(18)5-4-11(16)15(10)19/h2-6H,7H2,1H3. The first-order valence-electron chi connectivity index (χ1n) is 5.93. The van der Waals surface area contributed by atoms with Gasteiger partial charge in [-0.2, -0.15) is 0 Å². The molecule has 0 spiro atoms. The number of methoxy groups -OCH3 is 1. The summed E-state index contributed by atoms with van der Waals surface area (Å²) in [7, 11) is 1.39. The first-order chi connectivity index (χ1) is 9.93. The molecule has 0 heterocycles. The summed E-state index contributed by atoms with van der Waals surface area (Å²) in [4.78, 5) is 12.2. The van der Waals surface area contributed by atoms with Gasteiger partial charge >= 0.3 is 0 Å². The lowest BCUT2D eigenvalue weighted by atomic mass is 10.0. The van der Waals surface area contributed by atoms with Crippen molar-refractivity contribution in [3.05, 3.63) is 62.6 Å². The number of hydrogen-bond donors (Lipinski definition) is 0. The van der Waals surface area contributed by atoms with Gasteiger partial charge in [0.1, 0.15) is 17.4 Å². The van der Waals surface area contributed by atoms with Crippen molar-refractivity contribution in [1.82, 2.24) is 0 Å². The fourth-order valence-electron chi connectivity index (χ4n) is 1.88. The predicted octanol–water partition coefficient (Wildman–Crippen LogP) is 4.81. The highest BCUT2D eigenvalue weighted by atomic mass is 79.9. The number of ether oxygens (including phenoxy) is 1. The molecule has 2 aromatic carbocycles. The molecule has 0 fully saturated rings. The van der Waals surface area contributed by atoms with Crippen LogP contribution >= 0.6 is 27.5 Å². The third-order valence-electron chi connectivity index (χ3n) is 2.94. The lowest BCUT2D eigenvalue weighted by molar-refractivity contribution is 0.0987. The second-order valence-electron chi connectivity index (χ2n) is 4.27. The number of hydrogen-bond acceptors (Lipinski definition) is 2. The molecular weight excluding hydrogens is 366 g/mol. The van der Waals surface area contributed by atoms with E-state index in [0.717, 1.165) is 6.07 Å². The number of ketones is 1. The molecule has 0 aliphatic carbocycles. The van der Waals surface area contributed by atoms with Gasteiger partial charge in [0.05, 0.1) is 17.1 Å². The van der Waals surface area contributed by atoms with Crippen molar-refractivity contribution in [1.29, 1.82) is 0 Å². The molecule has 0 aromatic heterocycles. The third kappa shape index (κ3) is 3.41. The molecule has 2 nitrogen and oxygen atoms in total. The van der Waals surface area contributed by atoms with Crippen molar-refractivity contribution in [3.8, 4) is 5.75 Å². The highest BCUT2D eigenvalue weighted by molar-refractivity contribution is 9.10. The maximum atomic E-state index is 13.9. The lowest BCUT2D eigenvalue weighted by Gasteiger charge is -2.09. The quantitative estimate of drug-likeness (QED) is 0.566. The van der Waals surface area contributed by atoms with Gasteiger partial charge in [-0.15, -0.1) is 0 Å². The van der Waals surface area contributed by atoms with Crippen LogP contribution in [0.4, 0.5) is 8.78 Å². The Labute approximate surface area is 133 Å². The molecule has 0 N–H and O–H groups in total. The molecule has 0 saturated heterocycles. The lowest BCUT2D eigenvalue weighted by Crippen LogP contribution is -2.09. The molecule has 6 heteroatoms. The molecule has 0 amide bonds. The molecule has 110 valence electrons. The molecule has 0 aliphatic rings. The second kappa shape index (κ2) is 6.54. The van der Waals surface area contributed by atoms with Crippen molar-refractivity contribution in [2.24, 2.45) is 0 Å². The SMILES string of the molecule is COc1cc(Cl)ccc1C(=O)Cc1c(F)ccc(Br)c1F. The van der Waals surface area contributed by atoms with E-state index in [4.69, 9.17) is 16.3 Å². The number of carbonyl (C=O) groups is 1. The summed E-state index contributed by atoms with van der Waals surface area (Å²) in [6, 6.07) is 6.82. The fourth-order valence-corrected chi connectivity index (χ4v) is 2.42. The highest BCUT2D eigenvalue weighted by Crippen LogP contribution is 2.27. The minimum Gasteiger partial charge on any atom is -0.496 e. The zero-order chi connectivity index (χ0) is 15.6. The van der Waals surface area contributed by atoms with Crippen LogP contribution in [0, 0.1) is 11.6 Å². The maximum Gasteiger partial charge on any atom is 0.171 e. The summed E-state index contributed by atoms with van der Waals surface area (Å²) in [6.07, 6.45) is -0.408. The summed E-state index contributed by atoms with van der Waals surface area (Å²) in [6.45, 7) is 0. The molecule has 2 rings (SSSR count). The molecule has 21 heavy (non-hydrogen) atoms. The summed E-state index contributed by atoms with van der Waals surface area (Å²) in [5.41, 5.74) is -0.0629. The average Bonchev–Trinajstić information content (AvgIpc) is 2.47. The van der Waals surface area contributed by atoms with Gasteiger partial charge in [0.2, 0.25) is 0 Å². The van der Waals surface area contributed by atoms with Crippen LogP contribution in [0.1, 0.15) is 15.9 Å². The molecule has 0 unspecified atom stereocenters. The van der Waals surface area contributed by atoms with Gasteiger partial charge in [-0.3, -0.25) is 4.79 Å². The monoisotopic (exact) mass is 374 g/mol. The Morgan fingerprint density at radius 1 is 1.29 bits per heavy atom. The Kier molecular flexibility index (Phi) is 4.96. The molecule has 0 saturated carbocycles. The van der Waals surface area contributed by atoms with Crippen LogP contribution in [0.3, 0.4) is 0 Å². The van der Waals surface area contributed by atoms with Gasteiger partial charge in [0.25, 0.3) is 0 Å². The van der Waals surface area contributed by atoms with Crippen LogP contribution in [-0.2, 0) is 6.42 Å². The molecule has 0 aliphatic heterocycles.